The number of amides is 1. The van der Waals surface area contributed by atoms with Gasteiger partial charge in [-0.15, -0.1) is 11.3 Å². The molecule has 0 aliphatic carbocycles. The summed E-state index contributed by atoms with van der Waals surface area (Å²) in [6, 6.07) is 1.69. The molecule has 21 heavy (non-hydrogen) atoms. The van der Waals surface area contributed by atoms with Crippen LogP contribution < -0.4 is 5.32 Å². The Kier molecular flexibility index (Phi) is 4.03. The third-order valence-corrected chi connectivity index (χ3v) is 4.62. The number of nitrogens with one attached hydrogen (secondary N) is 1. The second-order valence-electron chi connectivity index (χ2n) is 5.28. The van der Waals surface area contributed by atoms with Crippen LogP contribution in [0.2, 0.25) is 0 Å². The molecule has 1 fully saturated rings. The number of anilines is 1. The molecule has 0 unspecified atom stereocenters. The Morgan fingerprint density at radius 2 is 2.19 bits per heavy atom. The number of nitrogens with zero attached hydrogens (tertiary/aromatic N) is 3. The van der Waals surface area contributed by atoms with Crippen LogP contribution in [0.15, 0.2) is 10.6 Å². The van der Waals surface area contributed by atoms with Gasteiger partial charge in [0.2, 0.25) is 0 Å². The van der Waals surface area contributed by atoms with Crippen molar-refractivity contribution in [3.05, 3.63) is 27.4 Å². The zero-order valence-electron chi connectivity index (χ0n) is 12.2. The quantitative estimate of drug-likeness (QED) is 0.940. The predicted octanol–water partition coefficient (Wildman–Crippen LogP) is 2.60. The van der Waals surface area contributed by atoms with Crippen molar-refractivity contribution in [3.8, 4) is 0 Å². The van der Waals surface area contributed by atoms with E-state index in [9.17, 15) is 4.79 Å². The molecule has 6 nitrogen and oxygen atoms in total. The minimum absolute atomic E-state index is 0.175. The number of aryl methyl sites for hydroxylation is 2. The molecule has 0 atom stereocenters. The molecule has 1 N–H and O–H groups in total. The summed E-state index contributed by atoms with van der Waals surface area (Å²) in [4.78, 5) is 19.8. The summed E-state index contributed by atoms with van der Waals surface area (Å²) in [5, 5.41) is 7.51. The number of carbonyl (C=O) groups is 1. The van der Waals surface area contributed by atoms with Crippen LogP contribution in [-0.4, -0.2) is 34.0 Å². The van der Waals surface area contributed by atoms with Crippen LogP contribution in [0.5, 0.6) is 0 Å². The highest BCUT2D eigenvalue weighted by molar-refractivity contribution is 7.13. The molecule has 0 spiro atoms. The zero-order chi connectivity index (χ0) is 14.8. The molecule has 112 valence electrons. The smallest absolute Gasteiger partial charge is 0.268 e. The fourth-order valence-electron chi connectivity index (χ4n) is 2.46. The zero-order valence-corrected chi connectivity index (χ0v) is 13.0. The highest BCUT2D eigenvalue weighted by Crippen LogP contribution is 2.22. The number of aromatic nitrogens is 2. The fraction of sp³-hybridized carbons (Fsp3) is 0.500. The minimum atomic E-state index is -0.175. The molecule has 3 heterocycles. The summed E-state index contributed by atoms with van der Waals surface area (Å²) in [5.41, 5.74) is 0.770. The number of thiazole rings is 1. The van der Waals surface area contributed by atoms with E-state index in [2.05, 4.69) is 20.4 Å². The number of hydrogen-bond donors (Lipinski definition) is 1. The van der Waals surface area contributed by atoms with Gasteiger partial charge in [-0.1, -0.05) is 5.16 Å². The van der Waals surface area contributed by atoms with Crippen LogP contribution in [-0.2, 0) is 6.54 Å². The van der Waals surface area contributed by atoms with Crippen LogP contribution in [0.1, 0.15) is 39.0 Å². The van der Waals surface area contributed by atoms with Crippen molar-refractivity contribution < 1.29 is 9.32 Å². The van der Waals surface area contributed by atoms with E-state index in [1.165, 1.54) is 24.2 Å². The SMILES string of the molecule is Cc1cc(NC(=O)c2sc(CN3CCCC3)nc2C)no1. The number of rotatable bonds is 4. The molecular weight excluding hydrogens is 288 g/mol. The molecule has 0 bridgehead atoms. The first-order valence-corrected chi connectivity index (χ1v) is 7.87. The van der Waals surface area contributed by atoms with Gasteiger partial charge in [-0.25, -0.2) is 4.98 Å². The summed E-state index contributed by atoms with van der Waals surface area (Å²) in [6.45, 7) is 6.74. The summed E-state index contributed by atoms with van der Waals surface area (Å²) in [5.74, 6) is 0.929. The molecule has 3 rings (SSSR count). The lowest BCUT2D eigenvalue weighted by atomic mass is 10.3. The van der Waals surface area contributed by atoms with Crippen molar-refractivity contribution in [2.75, 3.05) is 18.4 Å². The summed E-state index contributed by atoms with van der Waals surface area (Å²) in [6.07, 6.45) is 2.51. The van der Waals surface area contributed by atoms with Gasteiger partial charge in [0, 0.05) is 6.07 Å². The maximum atomic E-state index is 12.3. The lowest BCUT2D eigenvalue weighted by Gasteiger charge is -2.11. The Bertz CT molecular complexity index is 643. The Morgan fingerprint density at radius 1 is 1.43 bits per heavy atom. The van der Waals surface area contributed by atoms with E-state index in [1.54, 1.807) is 13.0 Å². The van der Waals surface area contributed by atoms with Crippen molar-refractivity contribution in [3.63, 3.8) is 0 Å². The van der Waals surface area contributed by atoms with Crippen molar-refractivity contribution >= 4 is 23.1 Å². The summed E-state index contributed by atoms with van der Waals surface area (Å²) in [7, 11) is 0. The van der Waals surface area contributed by atoms with E-state index in [0.717, 1.165) is 30.3 Å². The largest absolute Gasteiger partial charge is 0.360 e. The lowest BCUT2D eigenvalue weighted by molar-refractivity contribution is 0.102. The van der Waals surface area contributed by atoms with Gasteiger partial charge in [-0.2, -0.15) is 0 Å². The normalized spacial score (nSPS) is 15.5. The molecule has 0 aromatic carbocycles. The molecule has 1 amide bonds. The van der Waals surface area contributed by atoms with Crippen molar-refractivity contribution in [2.24, 2.45) is 0 Å². The molecule has 0 radical (unpaired) electrons. The van der Waals surface area contributed by atoms with Crippen molar-refractivity contribution in [2.45, 2.75) is 33.2 Å². The number of likely N-dealkylation sites (tertiary alicyclic amines) is 1. The van der Waals surface area contributed by atoms with Crippen LogP contribution in [0.3, 0.4) is 0 Å². The highest BCUT2D eigenvalue weighted by atomic mass is 32.1. The molecule has 1 aliphatic heterocycles. The van der Waals surface area contributed by atoms with E-state index >= 15 is 0 Å². The highest BCUT2D eigenvalue weighted by Gasteiger charge is 2.19. The number of hydrogen-bond acceptors (Lipinski definition) is 6. The second-order valence-corrected chi connectivity index (χ2v) is 6.37. The first-order chi connectivity index (χ1) is 10.1. The monoisotopic (exact) mass is 306 g/mol. The van der Waals surface area contributed by atoms with Crippen LogP contribution in [0.4, 0.5) is 5.82 Å². The Morgan fingerprint density at radius 3 is 2.86 bits per heavy atom. The van der Waals surface area contributed by atoms with Gasteiger partial charge in [0.1, 0.15) is 15.6 Å². The van der Waals surface area contributed by atoms with E-state index < -0.39 is 0 Å². The molecule has 1 aliphatic rings. The number of carbonyl (C=O) groups excluding carboxylic acids is 1. The van der Waals surface area contributed by atoms with E-state index in [0.29, 0.717) is 16.5 Å². The van der Waals surface area contributed by atoms with Gasteiger partial charge in [0.25, 0.3) is 5.91 Å². The minimum Gasteiger partial charge on any atom is -0.360 e. The molecule has 2 aromatic rings. The van der Waals surface area contributed by atoms with E-state index in [-0.39, 0.29) is 5.91 Å². The van der Waals surface area contributed by atoms with Gasteiger partial charge in [0.15, 0.2) is 5.82 Å². The third-order valence-electron chi connectivity index (χ3n) is 3.47. The van der Waals surface area contributed by atoms with Crippen LogP contribution >= 0.6 is 11.3 Å². The lowest BCUT2D eigenvalue weighted by Crippen LogP contribution is -2.18. The van der Waals surface area contributed by atoms with Crippen LogP contribution in [0.25, 0.3) is 0 Å². The van der Waals surface area contributed by atoms with Crippen molar-refractivity contribution in [1.82, 2.24) is 15.0 Å². The second kappa shape index (κ2) is 5.95. The van der Waals surface area contributed by atoms with Gasteiger partial charge >= 0.3 is 0 Å². The maximum Gasteiger partial charge on any atom is 0.268 e. The standard InChI is InChI=1S/C14H18N4O2S/c1-9-7-11(17-20-9)16-14(19)13-10(2)15-12(21-13)8-18-5-3-4-6-18/h7H,3-6,8H2,1-2H3,(H,16,17,19). The van der Waals surface area contributed by atoms with Gasteiger partial charge in [-0.3, -0.25) is 9.69 Å². The first-order valence-electron chi connectivity index (χ1n) is 7.05. The van der Waals surface area contributed by atoms with Crippen LogP contribution in [0, 0.1) is 13.8 Å². The molecule has 1 saturated heterocycles. The molecule has 7 heteroatoms. The van der Waals surface area contributed by atoms with Gasteiger partial charge in [0.05, 0.1) is 12.2 Å². The van der Waals surface area contributed by atoms with Gasteiger partial charge < -0.3 is 9.84 Å². The third kappa shape index (κ3) is 3.30. The Balaban J connectivity index is 1.69. The summed E-state index contributed by atoms with van der Waals surface area (Å²) < 4.78 is 4.94. The fourth-order valence-corrected chi connectivity index (χ4v) is 3.46. The molecular formula is C14H18N4O2S. The average molecular weight is 306 g/mol. The Labute approximate surface area is 127 Å². The molecule has 2 aromatic heterocycles. The van der Waals surface area contributed by atoms with Gasteiger partial charge in [-0.05, 0) is 39.8 Å². The average Bonchev–Trinajstić information content (AvgIpc) is 3.13. The first kappa shape index (κ1) is 14.2. The van der Waals surface area contributed by atoms with E-state index in [4.69, 9.17) is 4.52 Å². The Hall–Kier alpha value is -1.73. The van der Waals surface area contributed by atoms with E-state index in [1.807, 2.05) is 6.92 Å². The molecule has 0 saturated carbocycles. The maximum absolute atomic E-state index is 12.3. The topological polar surface area (TPSA) is 71.3 Å². The predicted molar refractivity (Wildman–Crippen MR) is 80.6 cm³/mol. The summed E-state index contributed by atoms with van der Waals surface area (Å²) >= 11 is 1.46. The van der Waals surface area contributed by atoms with Crippen molar-refractivity contribution in [1.29, 1.82) is 0 Å².